The largest absolute Gasteiger partial charge is 0.395 e. The highest BCUT2D eigenvalue weighted by Gasteiger charge is 2.42. The summed E-state index contributed by atoms with van der Waals surface area (Å²) in [7, 11) is 1.80. The molecule has 22 heteroatoms. The van der Waals surface area contributed by atoms with E-state index >= 15 is 0 Å². The smallest absolute Gasteiger partial charge is 0.246 e. The summed E-state index contributed by atoms with van der Waals surface area (Å²) >= 11 is 0. The Morgan fingerprint density at radius 1 is 0.634 bits per heavy atom. The van der Waals surface area contributed by atoms with Gasteiger partial charge in [-0.3, -0.25) is 47.9 Å². The minimum absolute atomic E-state index is 0.0330. The van der Waals surface area contributed by atoms with Crippen LogP contribution in [-0.4, -0.2) is 172 Å². The summed E-state index contributed by atoms with van der Waals surface area (Å²) in [5.74, 6) is -7.59. The number of carbonyl (C=O) groups is 10. The third kappa shape index (κ3) is 25.7. The van der Waals surface area contributed by atoms with Gasteiger partial charge >= 0.3 is 0 Å². The Morgan fingerprint density at radius 2 is 1.18 bits per heavy atom. The maximum absolute atomic E-state index is 14.2. The summed E-state index contributed by atoms with van der Waals surface area (Å²) in [5.41, 5.74) is -2.96. The van der Waals surface area contributed by atoms with Crippen molar-refractivity contribution in [1.82, 2.24) is 52.3 Å². The molecule has 1 aliphatic rings. The summed E-state index contributed by atoms with van der Waals surface area (Å²) in [6.07, 6.45) is 8.09. The van der Waals surface area contributed by atoms with Crippen LogP contribution in [0.15, 0.2) is 0 Å². The second-order valence-corrected chi connectivity index (χ2v) is 25.2. The number of likely N-dealkylation sites (tertiary alicyclic amines) is 1. The van der Waals surface area contributed by atoms with Crippen molar-refractivity contribution in [1.29, 1.82) is 0 Å². The lowest BCUT2D eigenvalue weighted by Crippen LogP contribution is -2.66. The average Bonchev–Trinajstić information content (AvgIpc) is 3.89. The second-order valence-electron chi connectivity index (χ2n) is 25.2. The van der Waals surface area contributed by atoms with Gasteiger partial charge in [0, 0.05) is 44.4 Å². The van der Waals surface area contributed by atoms with Crippen molar-refractivity contribution in [2.75, 3.05) is 33.3 Å². The zero-order chi connectivity index (χ0) is 62.8. The quantitative estimate of drug-likeness (QED) is 0.0395. The zero-order valence-electron chi connectivity index (χ0n) is 53.1. The predicted octanol–water partition coefficient (Wildman–Crippen LogP) is 3.53. The van der Waals surface area contributed by atoms with Crippen molar-refractivity contribution >= 4 is 58.9 Å². The van der Waals surface area contributed by atoms with Crippen LogP contribution in [-0.2, 0) is 47.9 Å². The fourth-order valence-electron chi connectivity index (χ4n) is 9.93. The number of ketones is 1. The lowest BCUT2D eigenvalue weighted by molar-refractivity contribution is -0.142. The minimum Gasteiger partial charge on any atom is -0.395 e. The van der Waals surface area contributed by atoms with Crippen molar-refractivity contribution in [3.05, 3.63) is 0 Å². The minimum atomic E-state index is -1.57. The van der Waals surface area contributed by atoms with Crippen molar-refractivity contribution in [3.63, 3.8) is 0 Å². The van der Waals surface area contributed by atoms with Crippen molar-refractivity contribution < 1.29 is 58.2 Å². The Labute approximate surface area is 490 Å². The average molecular weight is 1160 g/mol. The van der Waals surface area contributed by atoms with E-state index in [0.717, 1.165) is 32.1 Å². The third-order valence-electron chi connectivity index (χ3n) is 15.5. The van der Waals surface area contributed by atoms with E-state index in [4.69, 9.17) is 0 Å². The van der Waals surface area contributed by atoms with Crippen LogP contribution in [0.5, 0.6) is 0 Å². The molecule has 0 saturated carbocycles. The molecule has 9 amide bonds. The molecule has 472 valence electrons. The topological polar surface area (TPSA) is 314 Å². The Bertz CT molecular complexity index is 2090. The van der Waals surface area contributed by atoms with Gasteiger partial charge in [0.05, 0.1) is 12.7 Å². The van der Waals surface area contributed by atoms with Crippen LogP contribution in [0.3, 0.4) is 0 Å². The van der Waals surface area contributed by atoms with Gasteiger partial charge in [-0.1, -0.05) is 114 Å². The standard InChI is InChI=1S/C60H110N10O12/c1-18-21-22-23-24-25-27-40(10)56(80)70-29-26-28-46(70)52(76)63-45(33-38(8)32-44(73)34-43(72)20-3)51(75)62-42(12)50(74)64-47(36(4)5)53(77)65-48(37(6)7)54(78)66-49(39(9)19-2)55(79)67-60(15,16)58(82)68-59(13,14)57(81)61-41(11)35-69(17)30-31-71/h36-42,44-49,71,73H,18-35H2,1-17H3,(H,61,81)(H,62,75)(H,63,76)(H,64,74)(H,65,77)(H,66,78)(H,67,79)(H,68,82)/t38-,39+,40-,41-,42+,44-,45-,46+,47-,48-,49-/m1/s1. The first-order valence-electron chi connectivity index (χ1n) is 30.4. The Balaban J connectivity index is 3.27. The van der Waals surface area contributed by atoms with E-state index in [-0.39, 0.29) is 61.9 Å². The number of hydrogen-bond donors (Lipinski definition) is 10. The highest BCUT2D eigenvalue weighted by molar-refractivity contribution is 5.99. The summed E-state index contributed by atoms with van der Waals surface area (Å²) in [6.45, 7) is 28.3. The number of rotatable bonds is 39. The molecule has 10 N–H and O–H groups in total. The van der Waals surface area contributed by atoms with Crippen molar-refractivity contribution in [2.45, 2.75) is 260 Å². The van der Waals surface area contributed by atoms with Crippen LogP contribution in [0.25, 0.3) is 0 Å². The third-order valence-corrected chi connectivity index (χ3v) is 15.5. The molecule has 82 heavy (non-hydrogen) atoms. The van der Waals surface area contributed by atoms with E-state index < -0.39 is 118 Å². The van der Waals surface area contributed by atoms with E-state index in [0.29, 0.717) is 45.3 Å². The Hall–Kier alpha value is -5.22. The predicted molar refractivity (Wildman–Crippen MR) is 317 cm³/mol. The molecule has 1 fully saturated rings. The molecule has 1 rings (SSSR count). The molecule has 0 unspecified atom stereocenters. The molecule has 11 atom stereocenters. The maximum Gasteiger partial charge on any atom is 0.246 e. The van der Waals surface area contributed by atoms with Crippen molar-refractivity contribution in [3.8, 4) is 0 Å². The van der Waals surface area contributed by atoms with Crippen LogP contribution < -0.4 is 42.5 Å². The summed E-state index contributed by atoms with van der Waals surface area (Å²) in [5, 5.41) is 42.1. The first-order valence-corrected chi connectivity index (χ1v) is 30.4. The van der Waals surface area contributed by atoms with Gasteiger partial charge in [-0.15, -0.1) is 0 Å². The first kappa shape index (κ1) is 74.8. The Morgan fingerprint density at radius 3 is 1.73 bits per heavy atom. The van der Waals surface area contributed by atoms with Gasteiger partial charge in [-0.25, -0.2) is 0 Å². The number of amides is 9. The molecule has 0 aromatic carbocycles. The van der Waals surface area contributed by atoms with Crippen LogP contribution in [0.4, 0.5) is 0 Å². The zero-order valence-corrected chi connectivity index (χ0v) is 53.1. The van der Waals surface area contributed by atoms with Crippen LogP contribution in [0.2, 0.25) is 0 Å². The molecule has 1 heterocycles. The lowest BCUT2D eigenvalue weighted by Gasteiger charge is -2.35. The van der Waals surface area contributed by atoms with E-state index in [1.807, 2.05) is 18.7 Å². The number of Topliss-reactive ketones (excluding diaryl/α,β-unsaturated/α-hetero) is 1. The molecular formula is C60H110N10O12. The fraction of sp³-hybridized carbons (Fsp3) is 0.833. The van der Waals surface area contributed by atoms with Gasteiger partial charge in [-0.05, 0) is 104 Å². The first-order chi connectivity index (χ1) is 38.2. The normalized spacial score (nSPS) is 17.5. The number of likely N-dealkylation sites (N-methyl/N-ethyl adjacent to an activating group) is 1. The van der Waals surface area contributed by atoms with Crippen LogP contribution >= 0.6 is 0 Å². The Kier molecular flexibility index (Phi) is 33.3. The molecule has 0 spiro atoms. The number of hydrogen-bond acceptors (Lipinski definition) is 13. The van der Waals surface area contributed by atoms with E-state index in [9.17, 15) is 58.2 Å². The summed E-state index contributed by atoms with van der Waals surface area (Å²) < 4.78 is 0. The number of aliphatic hydroxyl groups is 2. The van der Waals surface area contributed by atoms with E-state index in [1.165, 1.54) is 41.0 Å². The molecule has 0 radical (unpaired) electrons. The van der Waals surface area contributed by atoms with Gasteiger partial charge in [0.15, 0.2) is 0 Å². The van der Waals surface area contributed by atoms with E-state index in [1.54, 1.807) is 67.3 Å². The molecule has 0 aliphatic carbocycles. The highest BCUT2D eigenvalue weighted by Crippen LogP contribution is 2.24. The monoisotopic (exact) mass is 1160 g/mol. The van der Waals surface area contributed by atoms with Gasteiger partial charge in [0.25, 0.3) is 0 Å². The van der Waals surface area contributed by atoms with Crippen molar-refractivity contribution in [2.24, 2.45) is 29.6 Å². The SMILES string of the molecule is CCCCCCCC[C@@H](C)C(=O)N1CCC[C@H]1C(=O)N[C@H](C[C@H](C)C[C@@H](O)CC(=O)CC)C(=O)N[C@@H](C)C(=O)N[C@@H](C(=O)N[C@@H](C(=O)N[C@@H](C(=O)NC(C)(C)C(=O)NC(C)(C)C(=O)N[C@H](C)CN(C)CCO)[C@@H](C)CC)C(C)C)C(C)C. The van der Waals surface area contributed by atoms with Crippen LogP contribution in [0.1, 0.15) is 201 Å². The molecule has 0 aromatic rings. The molecule has 0 aromatic heterocycles. The number of unbranched alkanes of at least 4 members (excludes halogenated alkanes) is 5. The van der Waals surface area contributed by atoms with Gasteiger partial charge in [0.2, 0.25) is 53.2 Å². The number of aliphatic hydroxyl groups excluding tert-OH is 2. The maximum atomic E-state index is 14.2. The molecule has 0 bridgehead atoms. The number of carbonyl (C=O) groups excluding carboxylic acids is 10. The van der Waals surface area contributed by atoms with Gasteiger partial charge in [0.1, 0.15) is 53.1 Å². The highest BCUT2D eigenvalue weighted by atomic mass is 16.3. The molecule has 22 nitrogen and oxygen atoms in total. The second kappa shape index (κ2) is 36.5. The number of nitrogens with one attached hydrogen (secondary N) is 8. The summed E-state index contributed by atoms with van der Waals surface area (Å²) in [6, 6.07) is -7.17. The molecule has 1 saturated heterocycles. The fourth-order valence-corrected chi connectivity index (χ4v) is 9.93. The molecule has 1 aliphatic heterocycles. The van der Waals surface area contributed by atoms with Crippen LogP contribution in [0, 0.1) is 29.6 Å². The number of nitrogens with zero attached hydrogens (tertiary/aromatic N) is 2. The van der Waals surface area contributed by atoms with E-state index in [2.05, 4.69) is 49.5 Å². The molecular weight excluding hydrogens is 1050 g/mol. The van der Waals surface area contributed by atoms with Gasteiger partial charge < -0.3 is 62.5 Å². The lowest BCUT2D eigenvalue weighted by atomic mass is 9.92. The summed E-state index contributed by atoms with van der Waals surface area (Å²) in [4.78, 5) is 141. The van der Waals surface area contributed by atoms with Gasteiger partial charge in [-0.2, -0.15) is 0 Å².